The van der Waals surface area contributed by atoms with Gasteiger partial charge >= 0.3 is 0 Å². The van der Waals surface area contributed by atoms with Crippen LogP contribution in [0.25, 0.3) is 0 Å². The van der Waals surface area contributed by atoms with Gasteiger partial charge in [-0.1, -0.05) is 0 Å². The van der Waals surface area contributed by atoms with Crippen LogP contribution in [0.5, 0.6) is 0 Å². The third-order valence-corrected chi connectivity index (χ3v) is 4.05. The van der Waals surface area contributed by atoms with Gasteiger partial charge in [0, 0.05) is 19.2 Å². The monoisotopic (exact) mass is 278 g/mol. The van der Waals surface area contributed by atoms with Crippen molar-refractivity contribution in [2.45, 2.75) is 37.8 Å². The maximum atomic E-state index is 9.41. The number of aliphatic hydroxyl groups is 1. The Labute approximate surface area is 119 Å². The molecule has 2 unspecified atom stereocenters. The molecule has 3 heterocycles. The molecule has 2 aliphatic rings. The summed E-state index contributed by atoms with van der Waals surface area (Å²) < 4.78 is 5.47. The predicted octanol–water partition coefficient (Wildman–Crippen LogP) is 1.03. The van der Waals surface area contributed by atoms with Crippen LogP contribution in [-0.4, -0.2) is 53.5 Å². The fourth-order valence-corrected chi connectivity index (χ4v) is 2.97. The topological polar surface area (TPSA) is 70.5 Å². The first-order valence-corrected chi connectivity index (χ1v) is 7.40. The number of aromatic nitrogens is 2. The van der Waals surface area contributed by atoms with Crippen molar-refractivity contribution >= 4 is 11.6 Å². The molecule has 2 atom stereocenters. The Bertz CT molecular complexity index is 437. The van der Waals surface area contributed by atoms with E-state index in [4.69, 9.17) is 4.74 Å². The summed E-state index contributed by atoms with van der Waals surface area (Å²) in [6.45, 7) is 2.74. The molecule has 0 saturated carbocycles. The van der Waals surface area contributed by atoms with Gasteiger partial charge in [-0.05, 0) is 25.7 Å². The average Bonchev–Trinajstić information content (AvgIpc) is 2.97. The van der Waals surface area contributed by atoms with Crippen LogP contribution in [0.2, 0.25) is 0 Å². The van der Waals surface area contributed by atoms with Crippen LogP contribution in [0, 0.1) is 0 Å². The van der Waals surface area contributed by atoms with Crippen molar-refractivity contribution in [2.75, 3.05) is 36.6 Å². The number of rotatable bonds is 4. The first kappa shape index (κ1) is 13.6. The van der Waals surface area contributed by atoms with Gasteiger partial charge in [-0.3, -0.25) is 0 Å². The van der Waals surface area contributed by atoms with E-state index in [1.54, 1.807) is 6.33 Å². The van der Waals surface area contributed by atoms with E-state index in [9.17, 15) is 5.11 Å². The van der Waals surface area contributed by atoms with Crippen LogP contribution < -0.4 is 10.2 Å². The van der Waals surface area contributed by atoms with Gasteiger partial charge in [0.05, 0.1) is 25.3 Å². The Hall–Kier alpha value is -1.40. The number of nitrogens with zero attached hydrogens (tertiary/aromatic N) is 3. The van der Waals surface area contributed by atoms with Gasteiger partial charge in [0.2, 0.25) is 0 Å². The molecule has 0 amide bonds. The van der Waals surface area contributed by atoms with Crippen molar-refractivity contribution in [1.82, 2.24) is 9.97 Å². The van der Waals surface area contributed by atoms with Crippen LogP contribution in [0.3, 0.4) is 0 Å². The van der Waals surface area contributed by atoms with E-state index in [2.05, 4.69) is 20.2 Å². The van der Waals surface area contributed by atoms with Crippen molar-refractivity contribution in [3.63, 3.8) is 0 Å². The molecule has 2 N–H and O–H groups in total. The predicted molar refractivity (Wildman–Crippen MR) is 76.9 cm³/mol. The molecule has 1 aromatic heterocycles. The zero-order chi connectivity index (χ0) is 13.8. The first-order chi connectivity index (χ1) is 9.86. The van der Waals surface area contributed by atoms with Gasteiger partial charge in [0.1, 0.15) is 18.0 Å². The minimum atomic E-state index is 0.184. The average molecular weight is 278 g/mol. The highest BCUT2D eigenvalue weighted by molar-refractivity contribution is 5.50. The lowest BCUT2D eigenvalue weighted by atomic mass is 10.1. The second-order valence-corrected chi connectivity index (χ2v) is 5.49. The molecule has 3 rings (SSSR count). The number of hydrogen-bond acceptors (Lipinski definition) is 6. The maximum Gasteiger partial charge on any atom is 0.134 e. The standard InChI is InChI=1S/C14H22N4O2/c19-8-12-4-1-5-18(12)14-7-13(15-10-16-14)17-11-3-2-6-20-9-11/h7,10-12,19H,1-6,8-9H2,(H,15,16,17). The largest absolute Gasteiger partial charge is 0.394 e. The number of ether oxygens (including phenoxy) is 1. The van der Waals surface area contributed by atoms with Gasteiger partial charge in [-0.25, -0.2) is 9.97 Å². The SMILES string of the molecule is OCC1CCCN1c1cc(NC2CCCOC2)ncn1. The van der Waals surface area contributed by atoms with Crippen molar-refractivity contribution in [3.8, 4) is 0 Å². The highest BCUT2D eigenvalue weighted by Crippen LogP contribution is 2.25. The molecule has 2 saturated heterocycles. The van der Waals surface area contributed by atoms with Crippen LogP contribution in [0.1, 0.15) is 25.7 Å². The maximum absolute atomic E-state index is 9.41. The van der Waals surface area contributed by atoms with Gasteiger partial charge in [-0.15, -0.1) is 0 Å². The lowest BCUT2D eigenvalue weighted by Gasteiger charge is -2.26. The first-order valence-electron chi connectivity index (χ1n) is 7.40. The normalized spacial score (nSPS) is 26.8. The minimum absolute atomic E-state index is 0.184. The van der Waals surface area contributed by atoms with E-state index in [0.717, 1.165) is 57.1 Å². The number of nitrogens with one attached hydrogen (secondary N) is 1. The second kappa shape index (κ2) is 6.37. The van der Waals surface area contributed by atoms with Gasteiger partial charge in [-0.2, -0.15) is 0 Å². The summed E-state index contributed by atoms with van der Waals surface area (Å²) in [7, 11) is 0. The summed E-state index contributed by atoms with van der Waals surface area (Å²) in [5, 5.41) is 12.8. The minimum Gasteiger partial charge on any atom is -0.394 e. The van der Waals surface area contributed by atoms with Crippen molar-refractivity contribution in [1.29, 1.82) is 0 Å². The summed E-state index contributed by atoms with van der Waals surface area (Å²) in [5.74, 6) is 1.74. The molecule has 0 spiro atoms. The zero-order valence-corrected chi connectivity index (χ0v) is 11.7. The van der Waals surface area contributed by atoms with Crippen molar-refractivity contribution in [3.05, 3.63) is 12.4 Å². The molecular weight excluding hydrogens is 256 g/mol. The molecule has 0 aromatic carbocycles. The summed E-state index contributed by atoms with van der Waals surface area (Å²) in [4.78, 5) is 10.8. The molecule has 6 heteroatoms. The Morgan fingerprint density at radius 2 is 2.30 bits per heavy atom. The van der Waals surface area contributed by atoms with Crippen LogP contribution in [-0.2, 0) is 4.74 Å². The van der Waals surface area contributed by atoms with Crippen LogP contribution in [0.15, 0.2) is 12.4 Å². The molecule has 0 radical (unpaired) electrons. The molecule has 1 aromatic rings. The fraction of sp³-hybridized carbons (Fsp3) is 0.714. The molecule has 110 valence electrons. The van der Waals surface area contributed by atoms with E-state index in [1.165, 1.54) is 0 Å². The van der Waals surface area contributed by atoms with E-state index in [1.807, 2.05) is 6.07 Å². The number of aliphatic hydroxyl groups excluding tert-OH is 1. The third-order valence-electron chi connectivity index (χ3n) is 4.05. The lowest BCUT2D eigenvalue weighted by molar-refractivity contribution is 0.0875. The van der Waals surface area contributed by atoms with Gasteiger partial charge in [0.25, 0.3) is 0 Å². The Morgan fingerprint density at radius 3 is 3.10 bits per heavy atom. The molecule has 6 nitrogen and oxygen atoms in total. The molecule has 0 bridgehead atoms. The quantitative estimate of drug-likeness (QED) is 0.857. The van der Waals surface area contributed by atoms with Gasteiger partial charge in [0.15, 0.2) is 0 Å². The van der Waals surface area contributed by atoms with E-state index in [-0.39, 0.29) is 12.6 Å². The summed E-state index contributed by atoms with van der Waals surface area (Å²) in [6.07, 6.45) is 5.93. The molecule has 2 fully saturated rings. The number of anilines is 2. The smallest absolute Gasteiger partial charge is 0.134 e. The van der Waals surface area contributed by atoms with E-state index >= 15 is 0 Å². The van der Waals surface area contributed by atoms with Crippen LogP contribution >= 0.6 is 0 Å². The van der Waals surface area contributed by atoms with E-state index in [0.29, 0.717) is 6.04 Å². The zero-order valence-electron chi connectivity index (χ0n) is 11.7. The molecular formula is C14H22N4O2. The van der Waals surface area contributed by atoms with Gasteiger partial charge < -0.3 is 20.1 Å². The fourth-order valence-electron chi connectivity index (χ4n) is 2.97. The highest BCUT2D eigenvalue weighted by atomic mass is 16.5. The highest BCUT2D eigenvalue weighted by Gasteiger charge is 2.25. The van der Waals surface area contributed by atoms with Crippen molar-refractivity contribution in [2.24, 2.45) is 0 Å². The van der Waals surface area contributed by atoms with E-state index < -0.39 is 0 Å². The summed E-state index contributed by atoms with van der Waals surface area (Å²) in [5.41, 5.74) is 0. The van der Waals surface area contributed by atoms with Crippen LogP contribution in [0.4, 0.5) is 11.6 Å². The Kier molecular flexibility index (Phi) is 4.32. The summed E-state index contributed by atoms with van der Waals surface area (Å²) >= 11 is 0. The molecule has 0 aliphatic carbocycles. The summed E-state index contributed by atoms with van der Waals surface area (Å²) in [6, 6.07) is 2.50. The number of hydrogen-bond donors (Lipinski definition) is 2. The lowest BCUT2D eigenvalue weighted by Crippen LogP contribution is -2.33. The van der Waals surface area contributed by atoms with Crippen molar-refractivity contribution < 1.29 is 9.84 Å². The Balaban J connectivity index is 1.69. The third kappa shape index (κ3) is 3.02. The molecule has 20 heavy (non-hydrogen) atoms. The second-order valence-electron chi connectivity index (χ2n) is 5.49. The molecule has 2 aliphatic heterocycles. The Morgan fingerprint density at radius 1 is 1.35 bits per heavy atom.